The molecule has 5 nitrogen and oxygen atoms in total. The van der Waals surface area contributed by atoms with Gasteiger partial charge in [0, 0.05) is 31.6 Å². The highest BCUT2D eigenvalue weighted by Gasteiger charge is 2.20. The Bertz CT molecular complexity index is 993. The molecule has 0 aliphatic carbocycles. The molecule has 0 unspecified atom stereocenters. The van der Waals surface area contributed by atoms with Gasteiger partial charge in [-0.1, -0.05) is 41.9 Å². The molecule has 0 radical (unpaired) electrons. The Kier molecular flexibility index (Phi) is 4.66. The van der Waals surface area contributed by atoms with Gasteiger partial charge in [0.15, 0.2) is 0 Å². The zero-order valence-corrected chi connectivity index (χ0v) is 15.5. The predicted molar refractivity (Wildman–Crippen MR) is 106 cm³/mol. The van der Waals surface area contributed by atoms with Crippen molar-refractivity contribution in [2.24, 2.45) is 0 Å². The molecule has 3 aromatic rings. The van der Waals surface area contributed by atoms with Gasteiger partial charge in [-0.2, -0.15) is 5.10 Å². The van der Waals surface area contributed by atoms with Crippen molar-refractivity contribution in [3.8, 4) is 0 Å². The number of fused-ring (bicyclic) bond motifs is 1. The maximum atomic E-state index is 12.7. The van der Waals surface area contributed by atoms with Gasteiger partial charge < -0.3 is 4.90 Å². The van der Waals surface area contributed by atoms with Gasteiger partial charge in [-0.25, -0.2) is 4.68 Å². The van der Waals surface area contributed by atoms with Crippen LogP contribution in [0.3, 0.4) is 0 Å². The quantitative estimate of drug-likeness (QED) is 0.712. The van der Waals surface area contributed by atoms with E-state index in [-0.39, 0.29) is 5.56 Å². The first-order chi connectivity index (χ1) is 12.6. The maximum Gasteiger partial charge on any atom is 0.275 e. The monoisotopic (exact) mass is 368 g/mol. The third-order valence-corrected chi connectivity index (χ3v) is 5.27. The van der Waals surface area contributed by atoms with Crippen LogP contribution < -0.4 is 10.5 Å². The molecule has 0 saturated carbocycles. The summed E-state index contributed by atoms with van der Waals surface area (Å²) in [5.74, 6) is 0. The first-order valence-corrected chi connectivity index (χ1v) is 9.19. The molecule has 26 heavy (non-hydrogen) atoms. The summed E-state index contributed by atoms with van der Waals surface area (Å²) in [6, 6.07) is 15.6. The van der Waals surface area contributed by atoms with Crippen LogP contribution in [0.5, 0.6) is 0 Å². The largest absolute Gasteiger partial charge is 0.368 e. The van der Waals surface area contributed by atoms with Gasteiger partial charge in [-0.3, -0.25) is 9.69 Å². The first kappa shape index (κ1) is 17.1. The molecular weight excluding hydrogens is 348 g/mol. The Balaban J connectivity index is 1.50. The Morgan fingerprint density at radius 3 is 2.35 bits per heavy atom. The molecule has 0 amide bonds. The number of piperazine rings is 1. The van der Waals surface area contributed by atoms with Crippen LogP contribution in [0.2, 0.25) is 5.02 Å². The van der Waals surface area contributed by atoms with Crippen LogP contribution in [0.25, 0.3) is 10.8 Å². The smallest absolute Gasteiger partial charge is 0.275 e. The number of rotatable bonds is 3. The summed E-state index contributed by atoms with van der Waals surface area (Å²) >= 11 is 6.31. The van der Waals surface area contributed by atoms with Gasteiger partial charge in [0.2, 0.25) is 0 Å². The maximum absolute atomic E-state index is 12.7. The van der Waals surface area contributed by atoms with Crippen LogP contribution in [0.15, 0.2) is 53.3 Å². The topological polar surface area (TPSA) is 41.4 Å². The standard InChI is InChI=1S/C20H21ClN4O/c1-15-16-6-2-3-7-17(16)20(26)25(22-15)14-23-10-12-24(13-11-23)19-9-5-4-8-18(19)21/h2-9H,10-14H2,1H3. The van der Waals surface area contributed by atoms with E-state index in [0.29, 0.717) is 6.67 Å². The number of nitrogens with zero attached hydrogens (tertiary/aromatic N) is 4. The Morgan fingerprint density at radius 1 is 0.962 bits per heavy atom. The van der Waals surface area contributed by atoms with Crippen molar-refractivity contribution < 1.29 is 0 Å². The van der Waals surface area contributed by atoms with Crippen LogP contribution in [0.4, 0.5) is 5.69 Å². The normalized spacial score (nSPS) is 15.5. The number of para-hydroxylation sites is 1. The number of benzene rings is 2. The van der Waals surface area contributed by atoms with Gasteiger partial charge >= 0.3 is 0 Å². The number of hydrogen-bond donors (Lipinski definition) is 0. The Hall–Kier alpha value is -2.37. The molecule has 2 aromatic carbocycles. The van der Waals surface area contributed by atoms with Crippen LogP contribution in [0, 0.1) is 6.92 Å². The molecule has 1 aromatic heterocycles. The van der Waals surface area contributed by atoms with E-state index in [4.69, 9.17) is 11.6 Å². The molecular formula is C20H21ClN4O. The second-order valence-electron chi connectivity index (χ2n) is 6.63. The SMILES string of the molecule is Cc1nn(CN2CCN(c3ccccc3Cl)CC2)c(=O)c2ccccc12. The lowest BCUT2D eigenvalue weighted by molar-refractivity contribution is 0.191. The number of halogens is 1. The van der Waals surface area contributed by atoms with Crippen LogP contribution in [-0.2, 0) is 6.67 Å². The molecule has 2 heterocycles. The van der Waals surface area contributed by atoms with E-state index in [9.17, 15) is 4.79 Å². The van der Waals surface area contributed by atoms with Crippen LogP contribution >= 0.6 is 11.6 Å². The van der Waals surface area contributed by atoms with Gasteiger partial charge in [-0.05, 0) is 25.1 Å². The molecule has 134 valence electrons. The Morgan fingerprint density at radius 2 is 1.62 bits per heavy atom. The first-order valence-electron chi connectivity index (χ1n) is 8.82. The third kappa shape index (κ3) is 3.20. The summed E-state index contributed by atoms with van der Waals surface area (Å²) < 4.78 is 1.59. The molecule has 1 aliphatic heterocycles. The molecule has 1 aliphatic rings. The van der Waals surface area contributed by atoms with Crippen molar-refractivity contribution in [2.45, 2.75) is 13.6 Å². The van der Waals surface area contributed by atoms with Crippen LogP contribution in [-0.4, -0.2) is 40.9 Å². The fourth-order valence-electron chi connectivity index (χ4n) is 3.53. The lowest BCUT2D eigenvalue weighted by Crippen LogP contribution is -2.48. The van der Waals surface area contributed by atoms with Gasteiger partial charge in [0.25, 0.3) is 5.56 Å². The second-order valence-corrected chi connectivity index (χ2v) is 7.04. The second kappa shape index (κ2) is 7.09. The van der Waals surface area contributed by atoms with Crippen molar-refractivity contribution in [2.75, 3.05) is 31.1 Å². The number of anilines is 1. The zero-order chi connectivity index (χ0) is 18.1. The van der Waals surface area contributed by atoms with Crippen molar-refractivity contribution >= 4 is 28.1 Å². The minimum absolute atomic E-state index is 0.0280. The van der Waals surface area contributed by atoms with E-state index in [1.807, 2.05) is 49.4 Å². The minimum atomic E-state index is -0.0280. The number of aromatic nitrogens is 2. The molecule has 0 spiro atoms. The average Bonchev–Trinajstić information content (AvgIpc) is 2.67. The minimum Gasteiger partial charge on any atom is -0.368 e. The lowest BCUT2D eigenvalue weighted by atomic mass is 10.1. The van der Waals surface area contributed by atoms with Gasteiger partial charge in [0.1, 0.15) is 0 Å². The van der Waals surface area contributed by atoms with Crippen molar-refractivity contribution in [1.82, 2.24) is 14.7 Å². The Labute approximate surface area is 157 Å². The highest BCUT2D eigenvalue weighted by molar-refractivity contribution is 6.33. The fourth-order valence-corrected chi connectivity index (χ4v) is 3.78. The fraction of sp³-hybridized carbons (Fsp3) is 0.300. The number of hydrogen-bond acceptors (Lipinski definition) is 4. The molecule has 1 fully saturated rings. The van der Waals surface area contributed by atoms with E-state index in [1.165, 1.54) is 0 Å². The average molecular weight is 369 g/mol. The van der Waals surface area contributed by atoms with E-state index < -0.39 is 0 Å². The predicted octanol–water partition coefficient (Wildman–Crippen LogP) is 3.14. The van der Waals surface area contributed by atoms with E-state index in [2.05, 4.69) is 21.0 Å². The molecule has 1 saturated heterocycles. The van der Waals surface area contributed by atoms with Gasteiger partial charge in [-0.15, -0.1) is 0 Å². The van der Waals surface area contributed by atoms with E-state index >= 15 is 0 Å². The molecule has 4 rings (SSSR count). The highest BCUT2D eigenvalue weighted by Crippen LogP contribution is 2.26. The van der Waals surface area contributed by atoms with E-state index in [1.54, 1.807) is 4.68 Å². The summed E-state index contributed by atoms with van der Waals surface area (Å²) in [7, 11) is 0. The zero-order valence-electron chi connectivity index (χ0n) is 14.7. The van der Waals surface area contributed by atoms with Gasteiger partial charge in [0.05, 0.1) is 28.5 Å². The van der Waals surface area contributed by atoms with Crippen molar-refractivity contribution in [1.29, 1.82) is 0 Å². The molecule has 0 N–H and O–H groups in total. The summed E-state index contributed by atoms with van der Waals surface area (Å²) in [5, 5.41) is 6.95. The van der Waals surface area contributed by atoms with Crippen molar-refractivity contribution in [3.63, 3.8) is 0 Å². The third-order valence-electron chi connectivity index (χ3n) is 4.95. The molecule has 0 atom stereocenters. The van der Waals surface area contributed by atoms with E-state index in [0.717, 1.165) is 53.4 Å². The summed E-state index contributed by atoms with van der Waals surface area (Å²) in [4.78, 5) is 17.3. The number of aryl methyl sites for hydroxylation is 1. The summed E-state index contributed by atoms with van der Waals surface area (Å²) in [6.45, 7) is 5.96. The van der Waals surface area contributed by atoms with Crippen LogP contribution in [0.1, 0.15) is 5.69 Å². The summed E-state index contributed by atoms with van der Waals surface area (Å²) in [5.41, 5.74) is 1.93. The molecule has 0 bridgehead atoms. The molecule has 6 heteroatoms. The lowest BCUT2D eigenvalue weighted by Gasteiger charge is -2.36. The summed E-state index contributed by atoms with van der Waals surface area (Å²) in [6.07, 6.45) is 0. The van der Waals surface area contributed by atoms with Crippen molar-refractivity contribution in [3.05, 3.63) is 69.6 Å². The highest BCUT2D eigenvalue weighted by atomic mass is 35.5.